The van der Waals surface area contributed by atoms with Gasteiger partial charge in [0.15, 0.2) is 0 Å². The van der Waals surface area contributed by atoms with Crippen molar-refractivity contribution in [2.24, 2.45) is 17.8 Å². The highest BCUT2D eigenvalue weighted by Gasteiger charge is 2.45. The van der Waals surface area contributed by atoms with Crippen molar-refractivity contribution in [1.82, 2.24) is 29.9 Å². The molecule has 0 N–H and O–H groups in total. The number of hydrogen-bond donors (Lipinski definition) is 0. The first-order valence-electron chi connectivity index (χ1n) is 11.7. The van der Waals surface area contributed by atoms with Crippen LogP contribution in [0.1, 0.15) is 67.2 Å². The predicted molar refractivity (Wildman–Crippen MR) is 114 cm³/mol. The fourth-order valence-electron chi connectivity index (χ4n) is 5.92. The second-order valence-electron chi connectivity index (χ2n) is 9.54. The van der Waals surface area contributed by atoms with Crippen LogP contribution in [0, 0.1) is 17.8 Å². The Labute approximate surface area is 183 Å². The molecule has 0 aromatic carbocycles. The van der Waals surface area contributed by atoms with Gasteiger partial charge in [-0.1, -0.05) is 37.3 Å². The highest BCUT2D eigenvalue weighted by molar-refractivity contribution is 5.92. The summed E-state index contributed by atoms with van der Waals surface area (Å²) in [7, 11) is 1.79. The highest BCUT2D eigenvalue weighted by Crippen LogP contribution is 2.42. The lowest BCUT2D eigenvalue weighted by molar-refractivity contribution is -0.00546. The van der Waals surface area contributed by atoms with Gasteiger partial charge in [-0.05, 0) is 43.1 Å². The van der Waals surface area contributed by atoms with Gasteiger partial charge in [0.25, 0.3) is 5.91 Å². The number of carbonyl (C=O) groups is 1. The van der Waals surface area contributed by atoms with E-state index in [2.05, 4.69) is 26.5 Å². The molecule has 0 unspecified atom stereocenters. The third kappa shape index (κ3) is 4.35. The molecule has 1 saturated heterocycles. The number of rotatable bonds is 5. The van der Waals surface area contributed by atoms with Crippen LogP contribution in [0.3, 0.4) is 0 Å². The number of nitrogens with zero attached hydrogens (tertiary/aromatic N) is 6. The van der Waals surface area contributed by atoms with Crippen molar-refractivity contribution in [3.05, 3.63) is 36.2 Å². The zero-order chi connectivity index (χ0) is 21.2. The van der Waals surface area contributed by atoms with Crippen molar-refractivity contribution in [2.45, 2.75) is 63.5 Å². The maximum atomic E-state index is 12.9. The van der Waals surface area contributed by atoms with Crippen molar-refractivity contribution in [1.29, 1.82) is 0 Å². The summed E-state index contributed by atoms with van der Waals surface area (Å²) in [5.41, 5.74) is 1.58. The molecule has 166 valence electrons. The van der Waals surface area contributed by atoms with E-state index in [-0.39, 0.29) is 18.1 Å². The Morgan fingerprint density at radius 1 is 1.16 bits per heavy atom. The summed E-state index contributed by atoms with van der Waals surface area (Å²) in [6.45, 7) is 1.54. The second kappa shape index (κ2) is 9.02. The van der Waals surface area contributed by atoms with Crippen molar-refractivity contribution >= 4 is 5.91 Å². The number of likely N-dealkylation sites (tertiary alicyclic amines) is 1. The van der Waals surface area contributed by atoms with Crippen LogP contribution in [-0.4, -0.2) is 62.1 Å². The molecular weight excluding hydrogens is 392 g/mol. The molecule has 2 aromatic heterocycles. The topological polar surface area (TPSA) is 86.0 Å². The van der Waals surface area contributed by atoms with Gasteiger partial charge in [-0.2, -0.15) is 0 Å². The predicted octanol–water partition coefficient (Wildman–Crippen LogP) is 2.93. The summed E-state index contributed by atoms with van der Waals surface area (Å²) < 4.78 is 7.93. The second-order valence-corrected chi connectivity index (χ2v) is 9.54. The third-order valence-corrected chi connectivity index (χ3v) is 7.60. The summed E-state index contributed by atoms with van der Waals surface area (Å²) in [5, 5.41) is 9.01. The zero-order valence-electron chi connectivity index (χ0n) is 18.3. The van der Waals surface area contributed by atoms with Gasteiger partial charge < -0.3 is 9.64 Å². The SMILES string of the molecule is CO[C@@H]1C[C@H]2CN(C(=O)c3ccncn3)C[C@H]2C[C@H]1n1cc(CC2CCCCC2)nn1. The first-order chi connectivity index (χ1) is 15.2. The van der Waals surface area contributed by atoms with Gasteiger partial charge in [-0.15, -0.1) is 5.10 Å². The molecule has 2 aromatic rings. The molecule has 3 fully saturated rings. The van der Waals surface area contributed by atoms with E-state index in [4.69, 9.17) is 4.74 Å². The van der Waals surface area contributed by atoms with E-state index in [0.717, 1.165) is 44.0 Å². The average Bonchev–Trinajstić information content (AvgIpc) is 3.45. The van der Waals surface area contributed by atoms with E-state index in [9.17, 15) is 4.79 Å². The number of methoxy groups -OCH3 is 1. The number of fused-ring (bicyclic) bond motifs is 1. The zero-order valence-corrected chi connectivity index (χ0v) is 18.3. The highest BCUT2D eigenvalue weighted by atomic mass is 16.5. The molecule has 2 saturated carbocycles. The van der Waals surface area contributed by atoms with Crippen molar-refractivity contribution in [2.75, 3.05) is 20.2 Å². The quantitative estimate of drug-likeness (QED) is 0.734. The molecule has 0 spiro atoms. The maximum absolute atomic E-state index is 12.9. The van der Waals surface area contributed by atoms with E-state index in [1.807, 2.05) is 9.58 Å². The van der Waals surface area contributed by atoms with E-state index >= 15 is 0 Å². The molecular formula is C23H32N6O2. The molecule has 8 nitrogen and oxygen atoms in total. The lowest BCUT2D eigenvalue weighted by atomic mass is 9.77. The van der Waals surface area contributed by atoms with Gasteiger partial charge in [0.05, 0.1) is 17.8 Å². The van der Waals surface area contributed by atoms with Gasteiger partial charge in [-0.25, -0.2) is 14.6 Å². The Kier molecular flexibility index (Phi) is 5.98. The largest absolute Gasteiger partial charge is 0.379 e. The van der Waals surface area contributed by atoms with E-state index in [1.54, 1.807) is 19.4 Å². The van der Waals surface area contributed by atoms with Gasteiger partial charge in [0.1, 0.15) is 12.0 Å². The molecule has 2 aliphatic carbocycles. The van der Waals surface area contributed by atoms with Gasteiger partial charge in [0, 0.05) is 32.6 Å². The van der Waals surface area contributed by atoms with Crippen LogP contribution in [0.2, 0.25) is 0 Å². The van der Waals surface area contributed by atoms with Crippen LogP contribution in [-0.2, 0) is 11.2 Å². The minimum Gasteiger partial charge on any atom is -0.379 e. The van der Waals surface area contributed by atoms with Gasteiger partial charge in [0.2, 0.25) is 0 Å². The van der Waals surface area contributed by atoms with Crippen LogP contribution in [0.15, 0.2) is 24.8 Å². The minimum atomic E-state index is -0.00200. The number of carbonyl (C=O) groups excluding carboxylic acids is 1. The van der Waals surface area contributed by atoms with Crippen molar-refractivity contribution in [3.8, 4) is 0 Å². The molecule has 3 heterocycles. The van der Waals surface area contributed by atoms with Gasteiger partial charge >= 0.3 is 0 Å². The third-order valence-electron chi connectivity index (χ3n) is 7.60. The fraction of sp³-hybridized carbons (Fsp3) is 0.696. The fourth-order valence-corrected chi connectivity index (χ4v) is 5.92. The summed E-state index contributed by atoms with van der Waals surface area (Å²) in [6, 6.07) is 1.86. The van der Waals surface area contributed by atoms with Crippen molar-refractivity contribution < 1.29 is 9.53 Å². The molecule has 1 amide bonds. The van der Waals surface area contributed by atoms with E-state index in [0.29, 0.717) is 17.5 Å². The molecule has 31 heavy (non-hydrogen) atoms. The summed E-state index contributed by atoms with van der Waals surface area (Å²) >= 11 is 0. The molecule has 0 radical (unpaired) electrons. The Balaban J connectivity index is 1.26. The van der Waals surface area contributed by atoms with E-state index in [1.165, 1.54) is 38.4 Å². The molecule has 8 heteroatoms. The number of hydrogen-bond acceptors (Lipinski definition) is 6. The Bertz CT molecular complexity index is 881. The molecule has 5 rings (SSSR count). The van der Waals surface area contributed by atoms with Crippen LogP contribution in [0.5, 0.6) is 0 Å². The van der Waals surface area contributed by atoms with Crippen LogP contribution >= 0.6 is 0 Å². The minimum absolute atomic E-state index is 0.00200. The standard InChI is InChI=1S/C23H32N6O2/c1-31-22-11-18-13-28(23(30)20-7-8-24-15-25-20)12-17(18)10-21(22)29-14-19(26-27-29)9-16-5-3-2-4-6-16/h7-8,14-18,21-22H,2-6,9-13H2,1H3/t17-,18+,21-,22-/m1/s1. The van der Waals surface area contributed by atoms with E-state index < -0.39 is 0 Å². The molecule has 1 aliphatic heterocycles. The lowest BCUT2D eigenvalue weighted by Crippen LogP contribution is -2.37. The Hall–Kier alpha value is -2.35. The Morgan fingerprint density at radius 3 is 2.71 bits per heavy atom. The number of amides is 1. The Morgan fingerprint density at radius 2 is 1.97 bits per heavy atom. The normalized spacial score (nSPS) is 29.1. The van der Waals surface area contributed by atoms with Crippen LogP contribution in [0.25, 0.3) is 0 Å². The maximum Gasteiger partial charge on any atom is 0.272 e. The summed E-state index contributed by atoms with van der Waals surface area (Å²) in [4.78, 5) is 22.9. The molecule has 3 aliphatic rings. The number of aromatic nitrogens is 5. The molecule has 4 atom stereocenters. The molecule has 0 bridgehead atoms. The average molecular weight is 425 g/mol. The van der Waals surface area contributed by atoms with Crippen LogP contribution in [0.4, 0.5) is 0 Å². The monoisotopic (exact) mass is 424 g/mol. The van der Waals surface area contributed by atoms with Crippen molar-refractivity contribution in [3.63, 3.8) is 0 Å². The summed E-state index contributed by atoms with van der Waals surface area (Å²) in [5.74, 6) is 1.66. The smallest absolute Gasteiger partial charge is 0.272 e. The first-order valence-corrected chi connectivity index (χ1v) is 11.7. The number of ether oxygens (including phenoxy) is 1. The summed E-state index contributed by atoms with van der Waals surface area (Å²) in [6.07, 6.45) is 14.9. The lowest BCUT2D eigenvalue weighted by Gasteiger charge is -2.36. The van der Waals surface area contributed by atoms with Gasteiger partial charge in [-0.3, -0.25) is 4.79 Å². The van der Waals surface area contributed by atoms with Crippen LogP contribution < -0.4 is 0 Å². The first kappa shape index (κ1) is 20.5.